The second kappa shape index (κ2) is 6.97. The number of nitrogens with one attached hydrogen (secondary N) is 3. The molecule has 0 aromatic carbocycles. The van der Waals surface area contributed by atoms with Crippen LogP contribution in [0.4, 0.5) is 0 Å². The van der Waals surface area contributed by atoms with E-state index in [2.05, 4.69) is 25.6 Å². The van der Waals surface area contributed by atoms with Crippen molar-refractivity contribution in [2.75, 3.05) is 26.7 Å². The molecule has 1 amide bonds. The first kappa shape index (κ1) is 17.8. The molecule has 3 aromatic rings. The molecule has 2 aliphatic rings. The van der Waals surface area contributed by atoms with E-state index in [1.54, 1.807) is 25.7 Å². The number of hydrogen-bond donors (Lipinski definition) is 3. The molecule has 5 rings (SSSR count). The standard InChI is InChI=1S/C21H22N6O2/c1-29-14-7-13(9-23-10-14)19-24-6-3-16(27-19)17-8-15-18(26-17)21(12-25-20(15)28)4-2-5-22-11-21/h3,6-10,22,26H,2,4-5,11-12H2,1H3,(H,25,28)/t21-/m0/s1. The van der Waals surface area contributed by atoms with Crippen LogP contribution in [-0.2, 0) is 5.41 Å². The Balaban J connectivity index is 1.56. The number of methoxy groups -OCH3 is 1. The number of amides is 1. The Bertz CT molecular complexity index is 1070. The molecule has 0 saturated carbocycles. The van der Waals surface area contributed by atoms with Crippen LogP contribution in [0.15, 0.2) is 36.8 Å². The van der Waals surface area contributed by atoms with Gasteiger partial charge in [0.2, 0.25) is 0 Å². The second-order valence-electron chi connectivity index (χ2n) is 7.59. The Kier molecular flexibility index (Phi) is 4.28. The number of carbonyl (C=O) groups is 1. The highest BCUT2D eigenvalue weighted by Crippen LogP contribution is 2.37. The molecule has 5 heterocycles. The minimum atomic E-state index is -0.0910. The average Bonchev–Trinajstić information content (AvgIpc) is 3.25. The number of hydrogen-bond acceptors (Lipinski definition) is 6. The molecule has 0 unspecified atom stereocenters. The molecule has 0 radical (unpaired) electrons. The van der Waals surface area contributed by atoms with Gasteiger partial charge in [-0.3, -0.25) is 9.78 Å². The predicted molar refractivity (Wildman–Crippen MR) is 108 cm³/mol. The zero-order chi connectivity index (χ0) is 19.8. The van der Waals surface area contributed by atoms with Crippen LogP contribution < -0.4 is 15.4 Å². The zero-order valence-electron chi connectivity index (χ0n) is 16.2. The largest absolute Gasteiger partial charge is 0.495 e. The molecule has 1 fully saturated rings. The van der Waals surface area contributed by atoms with E-state index in [0.717, 1.165) is 48.6 Å². The van der Waals surface area contributed by atoms with Gasteiger partial charge in [-0.25, -0.2) is 9.97 Å². The van der Waals surface area contributed by atoms with Gasteiger partial charge in [-0.1, -0.05) is 0 Å². The maximum Gasteiger partial charge on any atom is 0.253 e. The number of aromatic nitrogens is 4. The Morgan fingerprint density at radius 2 is 2.14 bits per heavy atom. The lowest BCUT2D eigenvalue weighted by atomic mass is 9.74. The third kappa shape index (κ3) is 3.05. The van der Waals surface area contributed by atoms with E-state index in [1.165, 1.54) is 0 Å². The zero-order valence-corrected chi connectivity index (χ0v) is 16.2. The van der Waals surface area contributed by atoms with Crippen LogP contribution >= 0.6 is 0 Å². The molecule has 1 spiro atoms. The van der Waals surface area contributed by atoms with Crippen molar-refractivity contribution >= 4 is 5.91 Å². The van der Waals surface area contributed by atoms with Crippen LogP contribution in [0.3, 0.4) is 0 Å². The van der Waals surface area contributed by atoms with E-state index in [1.807, 2.05) is 18.2 Å². The Labute approximate surface area is 168 Å². The summed E-state index contributed by atoms with van der Waals surface area (Å²) in [5.74, 6) is 1.17. The fourth-order valence-corrected chi connectivity index (χ4v) is 4.26. The average molecular weight is 390 g/mol. The number of H-pyrrole nitrogens is 1. The van der Waals surface area contributed by atoms with Gasteiger partial charge in [0.25, 0.3) is 5.91 Å². The molecule has 8 nitrogen and oxygen atoms in total. The molecule has 148 valence electrons. The van der Waals surface area contributed by atoms with E-state index in [4.69, 9.17) is 9.72 Å². The first-order valence-corrected chi connectivity index (χ1v) is 9.74. The number of rotatable bonds is 3. The highest BCUT2D eigenvalue weighted by atomic mass is 16.5. The second-order valence-corrected chi connectivity index (χ2v) is 7.59. The van der Waals surface area contributed by atoms with Gasteiger partial charge in [0, 0.05) is 42.2 Å². The number of ether oxygens (including phenoxy) is 1. The van der Waals surface area contributed by atoms with Gasteiger partial charge in [-0.2, -0.15) is 0 Å². The van der Waals surface area contributed by atoms with Gasteiger partial charge in [-0.05, 0) is 37.6 Å². The molecule has 1 atom stereocenters. The van der Waals surface area contributed by atoms with Crippen molar-refractivity contribution in [3.05, 3.63) is 48.0 Å². The predicted octanol–water partition coefficient (Wildman–Crippen LogP) is 1.91. The number of aromatic amines is 1. The highest BCUT2D eigenvalue weighted by molar-refractivity contribution is 5.98. The van der Waals surface area contributed by atoms with Gasteiger partial charge in [0.05, 0.1) is 30.3 Å². The van der Waals surface area contributed by atoms with Gasteiger partial charge in [0.15, 0.2) is 5.82 Å². The number of carbonyl (C=O) groups excluding carboxylic acids is 1. The number of fused-ring (bicyclic) bond motifs is 2. The highest BCUT2D eigenvalue weighted by Gasteiger charge is 2.42. The summed E-state index contributed by atoms with van der Waals surface area (Å²) in [5.41, 5.74) is 3.94. The summed E-state index contributed by atoms with van der Waals surface area (Å²) < 4.78 is 5.25. The molecular formula is C21H22N6O2. The molecule has 3 aromatic heterocycles. The SMILES string of the molecule is COc1cncc(-c2nccc(-c3cc4c([nH]3)[C@]3(CCCNC3)CNC4=O)n2)c1. The quantitative estimate of drug-likeness (QED) is 0.631. The van der Waals surface area contributed by atoms with Crippen molar-refractivity contribution in [3.8, 4) is 28.5 Å². The van der Waals surface area contributed by atoms with Crippen LogP contribution in [0.1, 0.15) is 28.9 Å². The van der Waals surface area contributed by atoms with E-state index >= 15 is 0 Å². The maximum absolute atomic E-state index is 12.5. The van der Waals surface area contributed by atoms with Gasteiger partial charge in [-0.15, -0.1) is 0 Å². The molecule has 1 saturated heterocycles. The lowest BCUT2D eigenvalue weighted by Crippen LogP contribution is -2.54. The first-order valence-electron chi connectivity index (χ1n) is 9.74. The van der Waals surface area contributed by atoms with Crippen molar-refractivity contribution in [2.24, 2.45) is 0 Å². The van der Waals surface area contributed by atoms with E-state index in [0.29, 0.717) is 23.7 Å². The van der Waals surface area contributed by atoms with E-state index in [-0.39, 0.29) is 11.3 Å². The normalized spacial score (nSPS) is 20.9. The van der Waals surface area contributed by atoms with Gasteiger partial charge < -0.3 is 20.4 Å². The Hall–Kier alpha value is -3.26. The van der Waals surface area contributed by atoms with Crippen LogP contribution in [0.2, 0.25) is 0 Å². The minimum Gasteiger partial charge on any atom is -0.495 e. The summed E-state index contributed by atoms with van der Waals surface area (Å²) in [6, 6.07) is 5.59. The van der Waals surface area contributed by atoms with Crippen LogP contribution in [0.5, 0.6) is 5.75 Å². The van der Waals surface area contributed by atoms with Crippen molar-refractivity contribution in [3.63, 3.8) is 0 Å². The lowest BCUT2D eigenvalue weighted by molar-refractivity contribution is 0.0915. The maximum atomic E-state index is 12.5. The third-order valence-electron chi connectivity index (χ3n) is 5.79. The molecule has 0 aliphatic carbocycles. The van der Waals surface area contributed by atoms with Gasteiger partial charge in [0.1, 0.15) is 5.75 Å². The topological polar surface area (TPSA) is 105 Å². The monoisotopic (exact) mass is 390 g/mol. The molecular weight excluding hydrogens is 368 g/mol. The molecule has 3 N–H and O–H groups in total. The van der Waals surface area contributed by atoms with E-state index in [9.17, 15) is 4.79 Å². The number of pyridine rings is 1. The van der Waals surface area contributed by atoms with Gasteiger partial charge >= 0.3 is 0 Å². The smallest absolute Gasteiger partial charge is 0.253 e. The number of piperidine rings is 1. The van der Waals surface area contributed by atoms with E-state index < -0.39 is 0 Å². The van der Waals surface area contributed by atoms with Crippen molar-refractivity contribution < 1.29 is 9.53 Å². The minimum absolute atomic E-state index is 0.0371. The fraction of sp³-hybridized carbons (Fsp3) is 0.333. The van der Waals surface area contributed by atoms with Crippen molar-refractivity contribution in [1.29, 1.82) is 0 Å². The third-order valence-corrected chi connectivity index (χ3v) is 5.79. The lowest BCUT2D eigenvalue weighted by Gasteiger charge is -2.40. The van der Waals surface area contributed by atoms with Crippen molar-refractivity contribution in [1.82, 2.24) is 30.6 Å². The Morgan fingerprint density at radius 3 is 2.97 bits per heavy atom. The van der Waals surface area contributed by atoms with Crippen LogP contribution in [0, 0.1) is 0 Å². The molecule has 0 bridgehead atoms. The molecule has 8 heteroatoms. The summed E-state index contributed by atoms with van der Waals surface area (Å²) in [7, 11) is 1.60. The summed E-state index contributed by atoms with van der Waals surface area (Å²) in [4.78, 5) is 29.3. The van der Waals surface area contributed by atoms with Crippen LogP contribution in [-0.4, -0.2) is 52.6 Å². The summed E-state index contributed by atoms with van der Waals surface area (Å²) in [6.07, 6.45) is 7.19. The Morgan fingerprint density at radius 1 is 1.21 bits per heavy atom. The summed E-state index contributed by atoms with van der Waals surface area (Å²) in [5, 5.41) is 6.54. The molecule has 29 heavy (non-hydrogen) atoms. The molecule has 2 aliphatic heterocycles. The number of nitrogens with zero attached hydrogens (tertiary/aromatic N) is 3. The summed E-state index contributed by atoms with van der Waals surface area (Å²) in [6.45, 7) is 2.52. The first-order chi connectivity index (χ1) is 14.2. The van der Waals surface area contributed by atoms with Crippen LogP contribution in [0.25, 0.3) is 22.8 Å². The summed E-state index contributed by atoms with van der Waals surface area (Å²) >= 11 is 0. The van der Waals surface area contributed by atoms with Crippen molar-refractivity contribution in [2.45, 2.75) is 18.3 Å². The fourth-order valence-electron chi connectivity index (χ4n) is 4.26.